The molecule has 0 saturated heterocycles. The first kappa shape index (κ1) is 33.9. The van der Waals surface area contributed by atoms with E-state index in [4.69, 9.17) is 15.1 Å². The summed E-state index contributed by atoms with van der Waals surface area (Å²) < 4.78 is 4.58. The summed E-state index contributed by atoms with van der Waals surface area (Å²) in [7, 11) is 0. The number of nitrogens with zero attached hydrogens (tertiary/aromatic N) is 6. The number of aryl methyl sites for hydroxylation is 2. The van der Waals surface area contributed by atoms with Crippen LogP contribution in [0.5, 0.6) is 0 Å². The van der Waals surface area contributed by atoms with Crippen molar-refractivity contribution < 1.29 is 0 Å². The maximum atomic E-state index is 5.79. The molecule has 6 nitrogen and oxygen atoms in total. The smallest absolute Gasteiger partial charge is 0.240 e. The van der Waals surface area contributed by atoms with Crippen molar-refractivity contribution in [2.45, 2.75) is 92.9 Å². The molecule has 0 unspecified atom stereocenters. The van der Waals surface area contributed by atoms with Crippen LogP contribution in [0.1, 0.15) is 112 Å². The van der Waals surface area contributed by atoms with Crippen molar-refractivity contribution in [1.82, 2.24) is 19.1 Å². The highest BCUT2D eigenvalue weighted by atomic mass is 15.5. The molecule has 252 valence electrons. The molecule has 6 aromatic rings. The molecule has 0 amide bonds. The zero-order chi connectivity index (χ0) is 35.0. The second-order valence-corrected chi connectivity index (χ2v) is 14.3. The predicted octanol–water partition coefficient (Wildman–Crippen LogP) is 11.0. The summed E-state index contributed by atoms with van der Waals surface area (Å²) in [5.41, 5.74) is 13.8. The number of anilines is 2. The van der Waals surface area contributed by atoms with Gasteiger partial charge in [-0.05, 0) is 83.0 Å². The maximum absolute atomic E-state index is 5.79. The Labute approximate surface area is 291 Å². The highest BCUT2D eigenvalue weighted by Crippen LogP contribution is 2.36. The number of imidazole rings is 1. The summed E-state index contributed by atoms with van der Waals surface area (Å²) >= 11 is 0. The molecule has 0 fully saturated rings. The lowest BCUT2D eigenvalue weighted by atomic mass is 9.92. The van der Waals surface area contributed by atoms with E-state index in [1.54, 1.807) is 12.4 Å². The standard InChI is InChI=1S/C43H50N6/c1-27(2)33-19-15-20-34(28(3)4)39(33)47-41-42(45-26-25-44-41)48(40-35(29(5)6)21-16-22-36(40)30(7)8)43(47)46-49(37-23-13-11-17-31(37)9)38-24-14-12-18-32(38)10/h11-30H,1-10H3. The highest BCUT2D eigenvalue weighted by Gasteiger charge is 2.27. The number of aromatic nitrogens is 4. The van der Waals surface area contributed by atoms with Crippen molar-refractivity contribution in [2.75, 3.05) is 5.01 Å². The van der Waals surface area contributed by atoms with E-state index >= 15 is 0 Å². The van der Waals surface area contributed by atoms with Crippen molar-refractivity contribution >= 4 is 22.7 Å². The molecular formula is C43H50N6. The SMILES string of the molecule is Cc1ccccc1N(N=c1n(-c2c(C(C)C)cccc2C(C)C)c2nccnc2n1-c1c(C(C)C)cccc1C(C)C)c1ccccc1C. The molecule has 0 aliphatic heterocycles. The number of para-hydroxylation sites is 4. The van der Waals surface area contributed by atoms with Gasteiger partial charge in [-0.25, -0.2) is 15.0 Å². The van der Waals surface area contributed by atoms with Crippen LogP contribution in [0.4, 0.5) is 11.4 Å². The van der Waals surface area contributed by atoms with E-state index in [0.717, 1.165) is 50.8 Å². The van der Waals surface area contributed by atoms with Crippen molar-refractivity contribution in [3.8, 4) is 11.4 Å². The fraction of sp³-hybridized carbons (Fsp3) is 0.326. The van der Waals surface area contributed by atoms with Crippen molar-refractivity contribution in [3.05, 3.63) is 136 Å². The lowest BCUT2D eigenvalue weighted by Crippen LogP contribution is -2.31. The van der Waals surface area contributed by atoms with Crippen LogP contribution in [-0.2, 0) is 0 Å². The van der Waals surface area contributed by atoms with Gasteiger partial charge in [0.05, 0.1) is 22.7 Å². The second-order valence-electron chi connectivity index (χ2n) is 14.3. The summed E-state index contributed by atoms with van der Waals surface area (Å²) in [6, 6.07) is 30.4. The summed E-state index contributed by atoms with van der Waals surface area (Å²) in [6.45, 7) is 22.4. The lowest BCUT2D eigenvalue weighted by Gasteiger charge is -2.25. The largest absolute Gasteiger partial charge is 0.259 e. The fourth-order valence-corrected chi connectivity index (χ4v) is 6.90. The Morgan fingerprint density at radius 2 is 0.837 bits per heavy atom. The van der Waals surface area contributed by atoms with E-state index in [2.05, 4.69) is 168 Å². The summed E-state index contributed by atoms with van der Waals surface area (Å²) in [4.78, 5) is 10.2. The van der Waals surface area contributed by atoms with Crippen molar-refractivity contribution in [3.63, 3.8) is 0 Å². The first-order chi connectivity index (χ1) is 23.5. The van der Waals surface area contributed by atoms with Crippen LogP contribution in [-0.4, -0.2) is 19.1 Å². The number of hydrogen-bond acceptors (Lipinski definition) is 4. The maximum Gasteiger partial charge on any atom is 0.240 e. The Kier molecular flexibility index (Phi) is 9.60. The van der Waals surface area contributed by atoms with Gasteiger partial charge in [-0.3, -0.25) is 9.13 Å². The molecule has 2 heterocycles. The first-order valence-electron chi connectivity index (χ1n) is 17.7. The first-order valence-corrected chi connectivity index (χ1v) is 17.7. The zero-order valence-corrected chi connectivity index (χ0v) is 30.7. The molecular weight excluding hydrogens is 601 g/mol. The van der Waals surface area contributed by atoms with Gasteiger partial charge in [0.1, 0.15) is 0 Å². The van der Waals surface area contributed by atoms with Gasteiger partial charge in [0.15, 0.2) is 11.3 Å². The number of hydrogen-bond donors (Lipinski definition) is 0. The Bertz CT molecular complexity index is 1980. The van der Waals surface area contributed by atoms with Gasteiger partial charge in [0.25, 0.3) is 0 Å². The monoisotopic (exact) mass is 650 g/mol. The Morgan fingerprint density at radius 1 is 0.490 bits per heavy atom. The average molecular weight is 651 g/mol. The lowest BCUT2D eigenvalue weighted by molar-refractivity contribution is 0.753. The van der Waals surface area contributed by atoms with Gasteiger partial charge in [-0.15, -0.1) is 5.10 Å². The molecule has 0 N–H and O–H groups in total. The van der Waals surface area contributed by atoms with Gasteiger partial charge < -0.3 is 0 Å². The van der Waals surface area contributed by atoms with Gasteiger partial charge in [-0.2, -0.15) is 0 Å². The van der Waals surface area contributed by atoms with Gasteiger partial charge in [-0.1, -0.05) is 128 Å². The molecule has 49 heavy (non-hydrogen) atoms. The molecule has 0 spiro atoms. The Hall–Kier alpha value is -4.97. The predicted molar refractivity (Wildman–Crippen MR) is 205 cm³/mol. The Morgan fingerprint density at radius 3 is 1.16 bits per heavy atom. The molecule has 0 radical (unpaired) electrons. The van der Waals surface area contributed by atoms with E-state index in [-0.39, 0.29) is 23.7 Å². The Balaban J connectivity index is 1.93. The van der Waals surface area contributed by atoms with Crippen LogP contribution in [0.15, 0.2) is 102 Å². The highest BCUT2D eigenvalue weighted by molar-refractivity contribution is 5.75. The summed E-state index contributed by atoms with van der Waals surface area (Å²) in [5, 5.41) is 7.91. The molecule has 0 atom stereocenters. The molecule has 6 rings (SSSR count). The van der Waals surface area contributed by atoms with Crippen LogP contribution < -0.4 is 10.6 Å². The van der Waals surface area contributed by atoms with E-state index in [1.807, 2.05) is 0 Å². The normalized spacial score (nSPS) is 11.8. The van der Waals surface area contributed by atoms with E-state index < -0.39 is 0 Å². The number of rotatable bonds is 9. The molecule has 0 bridgehead atoms. The molecule has 4 aromatic carbocycles. The van der Waals surface area contributed by atoms with Gasteiger partial charge in [0, 0.05) is 12.4 Å². The van der Waals surface area contributed by atoms with Crippen LogP contribution in [0, 0.1) is 13.8 Å². The summed E-state index contributed by atoms with van der Waals surface area (Å²) in [5.74, 6) is 1.06. The average Bonchev–Trinajstić information content (AvgIpc) is 3.40. The van der Waals surface area contributed by atoms with Gasteiger partial charge >= 0.3 is 0 Å². The minimum atomic E-state index is 0.266. The van der Waals surface area contributed by atoms with Crippen molar-refractivity contribution in [1.29, 1.82) is 0 Å². The van der Waals surface area contributed by atoms with Crippen molar-refractivity contribution in [2.24, 2.45) is 5.10 Å². The van der Waals surface area contributed by atoms with Crippen LogP contribution in [0.2, 0.25) is 0 Å². The van der Waals surface area contributed by atoms with E-state index in [0.29, 0.717) is 0 Å². The topological polar surface area (TPSA) is 51.2 Å². The minimum absolute atomic E-state index is 0.266. The van der Waals surface area contributed by atoms with Gasteiger partial charge in [0.2, 0.25) is 5.62 Å². The van der Waals surface area contributed by atoms with E-state index in [1.165, 1.54) is 22.3 Å². The molecule has 0 saturated carbocycles. The molecule has 2 aromatic heterocycles. The zero-order valence-electron chi connectivity index (χ0n) is 30.7. The minimum Gasteiger partial charge on any atom is -0.259 e. The third-order valence-corrected chi connectivity index (χ3v) is 9.49. The molecule has 6 heteroatoms. The molecule has 0 aliphatic rings. The quantitative estimate of drug-likeness (QED) is 0.146. The van der Waals surface area contributed by atoms with E-state index in [9.17, 15) is 0 Å². The molecule has 0 aliphatic carbocycles. The van der Waals surface area contributed by atoms with Crippen LogP contribution in [0.3, 0.4) is 0 Å². The van der Waals surface area contributed by atoms with Crippen LogP contribution in [0.25, 0.3) is 22.7 Å². The number of benzene rings is 4. The fourth-order valence-electron chi connectivity index (χ4n) is 6.90. The second kappa shape index (κ2) is 13.9. The third kappa shape index (κ3) is 6.21. The summed E-state index contributed by atoms with van der Waals surface area (Å²) in [6.07, 6.45) is 3.61. The number of fused-ring (bicyclic) bond motifs is 1. The van der Waals surface area contributed by atoms with Crippen LogP contribution >= 0.6 is 0 Å². The third-order valence-electron chi connectivity index (χ3n) is 9.49.